The number of amides is 2. The van der Waals surface area contributed by atoms with E-state index in [1.807, 2.05) is 36.4 Å². The number of carbonyl (C=O) groups is 2. The van der Waals surface area contributed by atoms with Gasteiger partial charge < -0.3 is 9.47 Å². The van der Waals surface area contributed by atoms with Crippen LogP contribution >= 0.6 is 12.2 Å². The number of ether oxygens (including phenoxy) is 2. The predicted octanol–water partition coefficient (Wildman–Crippen LogP) is 3.69. The summed E-state index contributed by atoms with van der Waals surface area (Å²) in [4.78, 5) is 27.2. The summed E-state index contributed by atoms with van der Waals surface area (Å²) in [6.07, 6.45) is 1.58. The second kappa shape index (κ2) is 7.96. The minimum absolute atomic E-state index is 0.0123. The third-order valence-corrected chi connectivity index (χ3v) is 5.14. The summed E-state index contributed by atoms with van der Waals surface area (Å²) in [6.45, 7) is 0. The number of anilines is 1. The first-order chi connectivity index (χ1) is 14.5. The van der Waals surface area contributed by atoms with Crippen molar-refractivity contribution in [3.63, 3.8) is 0 Å². The molecule has 6 nitrogen and oxygen atoms in total. The average molecular weight is 418 g/mol. The smallest absolute Gasteiger partial charge is 0.270 e. The normalized spacial score (nSPS) is 15.5. The van der Waals surface area contributed by atoms with Gasteiger partial charge in [-0.2, -0.15) is 0 Å². The first-order valence-electron chi connectivity index (χ1n) is 9.14. The van der Waals surface area contributed by atoms with E-state index in [1.54, 1.807) is 37.5 Å². The molecule has 0 bridgehead atoms. The molecule has 0 radical (unpaired) electrons. The molecule has 3 aromatic rings. The second-order valence-electron chi connectivity index (χ2n) is 6.56. The van der Waals surface area contributed by atoms with Gasteiger partial charge in [-0.1, -0.05) is 36.4 Å². The van der Waals surface area contributed by atoms with Crippen molar-refractivity contribution < 1.29 is 19.1 Å². The van der Waals surface area contributed by atoms with Crippen LogP contribution in [0, 0.1) is 0 Å². The van der Waals surface area contributed by atoms with Crippen LogP contribution in [0.15, 0.2) is 66.2 Å². The molecule has 0 spiro atoms. The highest BCUT2D eigenvalue weighted by molar-refractivity contribution is 7.80. The van der Waals surface area contributed by atoms with Gasteiger partial charge in [0.1, 0.15) is 17.1 Å². The number of methoxy groups -OCH3 is 2. The van der Waals surface area contributed by atoms with Crippen molar-refractivity contribution >= 4 is 51.7 Å². The highest BCUT2D eigenvalue weighted by atomic mass is 32.1. The number of carbonyl (C=O) groups excluding carboxylic acids is 2. The van der Waals surface area contributed by atoms with Gasteiger partial charge in [0, 0.05) is 11.5 Å². The highest BCUT2D eigenvalue weighted by Gasteiger charge is 2.34. The number of rotatable bonds is 4. The van der Waals surface area contributed by atoms with Crippen LogP contribution in [0.2, 0.25) is 0 Å². The van der Waals surface area contributed by atoms with E-state index < -0.39 is 11.8 Å². The fourth-order valence-corrected chi connectivity index (χ4v) is 3.68. The Balaban J connectivity index is 1.81. The largest absolute Gasteiger partial charge is 0.497 e. The lowest BCUT2D eigenvalue weighted by molar-refractivity contribution is -0.122. The van der Waals surface area contributed by atoms with E-state index in [0.717, 1.165) is 16.3 Å². The summed E-state index contributed by atoms with van der Waals surface area (Å²) in [5.74, 6) is 0.249. The summed E-state index contributed by atoms with van der Waals surface area (Å²) in [5, 5.41) is 4.38. The van der Waals surface area contributed by atoms with Gasteiger partial charge in [-0.05, 0) is 47.4 Å². The van der Waals surface area contributed by atoms with Crippen molar-refractivity contribution in [2.45, 2.75) is 0 Å². The Morgan fingerprint density at radius 3 is 2.43 bits per heavy atom. The van der Waals surface area contributed by atoms with Crippen molar-refractivity contribution in [1.82, 2.24) is 5.32 Å². The molecule has 3 aromatic carbocycles. The molecule has 0 unspecified atom stereocenters. The van der Waals surface area contributed by atoms with Crippen LogP contribution in [-0.4, -0.2) is 31.1 Å². The lowest BCUT2D eigenvalue weighted by atomic mass is 10.00. The lowest BCUT2D eigenvalue weighted by Gasteiger charge is -2.29. The zero-order valence-electron chi connectivity index (χ0n) is 16.3. The molecular formula is C23H18N2O4S. The number of nitrogens with one attached hydrogen (secondary N) is 1. The Morgan fingerprint density at radius 1 is 0.933 bits per heavy atom. The fraction of sp³-hybridized carbons (Fsp3) is 0.0870. The molecule has 150 valence electrons. The number of hydrogen-bond acceptors (Lipinski definition) is 5. The Bertz CT molecular complexity index is 1220. The fourth-order valence-electron chi connectivity index (χ4n) is 3.40. The molecule has 0 aliphatic carbocycles. The van der Waals surface area contributed by atoms with E-state index >= 15 is 0 Å². The Kier molecular flexibility index (Phi) is 5.20. The minimum Gasteiger partial charge on any atom is -0.497 e. The maximum absolute atomic E-state index is 13.3. The monoisotopic (exact) mass is 418 g/mol. The summed E-state index contributed by atoms with van der Waals surface area (Å²) >= 11 is 5.26. The van der Waals surface area contributed by atoms with Crippen molar-refractivity contribution in [3.8, 4) is 11.5 Å². The van der Waals surface area contributed by atoms with Gasteiger partial charge >= 0.3 is 0 Å². The molecule has 1 aliphatic rings. The molecule has 2 amide bonds. The molecule has 7 heteroatoms. The first-order valence-corrected chi connectivity index (χ1v) is 9.55. The Hall–Kier alpha value is -3.71. The van der Waals surface area contributed by atoms with E-state index in [4.69, 9.17) is 21.7 Å². The van der Waals surface area contributed by atoms with Crippen molar-refractivity contribution in [3.05, 3.63) is 71.8 Å². The predicted molar refractivity (Wildman–Crippen MR) is 120 cm³/mol. The molecular weight excluding hydrogens is 400 g/mol. The molecule has 30 heavy (non-hydrogen) atoms. The standard InChI is InChI=1S/C23H18N2O4S/c1-28-16-7-5-6-15(13-16)25-22(27)19(21(26)24-23(25)30)12-14-10-11-20(29-2)18-9-4-3-8-17(14)18/h3-13H,1-2H3,(H,24,26,30)/b19-12-. The topological polar surface area (TPSA) is 67.9 Å². The van der Waals surface area contributed by atoms with Gasteiger partial charge in [0.15, 0.2) is 5.11 Å². The van der Waals surface area contributed by atoms with Gasteiger partial charge in [0.25, 0.3) is 11.8 Å². The number of nitrogens with zero attached hydrogens (tertiary/aromatic N) is 1. The zero-order chi connectivity index (χ0) is 21.3. The summed E-state index contributed by atoms with van der Waals surface area (Å²) < 4.78 is 10.7. The molecule has 0 atom stereocenters. The summed E-state index contributed by atoms with van der Waals surface area (Å²) in [7, 11) is 3.14. The van der Waals surface area contributed by atoms with E-state index in [1.165, 1.54) is 12.0 Å². The molecule has 1 saturated heterocycles. The maximum atomic E-state index is 13.3. The first kappa shape index (κ1) is 19.6. The van der Waals surface area contributed by atoms with Crippen LogP contribution in [0.5, 0.6) is 11.5 Å². The van der Waals surface area contributed by atoms with Gasteiger partial charge in [-0.15, -0.1) is 0 Å². The second-order valence-corrected chi connectivity index (χ2v) is 6.95. The molecule has 0 aromatic heterocycles. The quantitative estimate of drug-likeness (QED) is 0.398. The summed E-state index contributed by atoms with van der Waals surface area (Å²) in [6, 6.07) is 18.2. The zero-order valence-corrected chi connectivity index (χ0v) is 17.2. The Morgan fingerprint density at radius 2 is 1.70 bits per heavy atom. The van der Waals surface area contributed by atoms with Crippen LogP contribution in [0.4, 0.5) is 5.69 Å². The molecule has 0 saturated carbocycles. The molecule has 1 fully saturated rings. The minimum atomic E-state index is -0.538. The molecule has 4 rings (SSSR count). The van der Waals surface area contributed by atoms with E-state index in [2.05, 4.69) is 5.32 Å². The molecule has 1 N–H and O–H groups in total. The van der Waals surface area contributed by atoms with E-state index in [9.17, 15) is 9.59 Å². The van der Waals surface area contributed by atoms with Gasteiger partial charge in [-0.25, -0.2) is 0 Å². The Labute approximate surface area is 178 Å². The summed E-state index contributed by atoms with van der Waals surface area (Å²) in [5.41, 5.74) is 1.22. The van der Waals surface area contributed by atoms with Crippen LogP contribution in [0.1, 0.15) is 5.56 Å². The molecule has 1 aliphatic heterocycles. The number of hydrogen-bond donors (Lipinski definition) is 1. The van der Waals surface area contributed by atoms with Crippen LogP contribution < -0.4 is 19.7 Å². The van der Waals surface area contributed by atoms with Crippen LogP contribution in [0.3, 0.4) is 0 Å². The average Bonchev–Trinajstić information content (AvgIpc) is 2.76. The van der Waals surface area contributed by atoms with Crippen LogP contribution in [0.25, 0.3) is 16.8 Å². The molecule has 1 heterocycles. The SMILES string of the molecule is COc1cccc(N2C(=O)/C(=C\c3ccc(OC)c4ccccc34)C(=O)NC2=S)c1. The highest BCUT2D eigenvalue weighted by Crippen LogP contribution is 2.31. The number of thiocarbonyl (C=S) groups is 1. The van der Waals surface area contributed by atoms with Gasteiger partial charge in [0.2, 0.25) is 0 Å². The number of fused-ring (bicyclic) bond motifs is 1. The van der Waals surface area contributed by atoms with Crippen molar-refractivity contribution in [1.29, 1.82) is 0 Å². The van der Waals surface area contributed by atoms with Gasteiger partial charge in [-0.3, -0.25) is 19.8 Å². The van der Waals surface area contributed by atoms with Crippen LogP contribution in [-0.2, 0) is 9.59 Å². The third-order valence-electron chi connectivity index (χ3n) is 4.85. The van der Waals surface area contributed by atoms with E-state index in [0.29, 0.717) is 17.2 Å². The van der Waals surface area contributed by atoms with Gasteiger partial charge in [0.05, 0.1) is 19.9 Å². The number of benzene rings is 3. The lowest BCUT2D eigenvalue weighted by Crippen LogP contribution is -2.54. The third kappa shape index (κ3) is 3.40. The van der Waals surface area contributed by atoms with E-state index in [-0.39, 0.29) is 10.7 Å². The van der Waals surface area contributed by atoms with Crippen molar-refractivity contribution in [2.75, 3.05) is 19.1 Å². The maximum Gasteiger partial charge on any atom is 0.270 e. The van der Waals surface area contributed by atoms with Crippen molar-refractivity contribution in [2.24, 2.45) is 0 Å².